The molecule has 1 aliphatic rings. The molecule has 2 heteroatoms. The van der Waals surface area contributed by atoms with E-state index in [9.17, 15) is 0 Å². The van der Waals surface area contributed by atoms with Crippen LogP contribution in [0.1, 0.15) is 30.5 Å². The number of hydrogen-bond acceptors (Lipinski definition) is 1. The van der Waals surface area contributed by atoms with E-state index in [-0.39, 0.29) is 5.41 Å². The van der Waals surface area contributed by atoms with Crippen LogP contribution >= 0.6 is 0 Å². The summed E-state index contributed by atoms with van der Waals surface area (Å²) in [7, 11) is 0. The predicted molar refractivity (Wildman–Crippen MR) is 281 cm³/mol. The third-order valence-corrected chi connectivity index (χ3v) is 14.4. The first-order chi connectivity index (χ1) is 32.4. The molecular formula is C64H46N2. The highest BCUT2D eigenvalue weighted by Crippen LogP contribution is 2.53. The molecule has 0 atom stereocenters. The molecule has 13 rings (SSSR count). The molecule has 0 aliphatic heterocycles. The lowest BCUT2D eigenvalue weighted by molar-refractivity contribution is 0.660. The normalized spacial score (nSPS) is 12.9. The predicted octanol–water partition coefficient (Wildman–Crippen LogP) is 17.7. The number of aryl methyl sites for hydroxylation is 1. The van der Waals surface area contributed by atoms with Gasteiger partial charge >= 0.3 is 0 Å². The van der Waals surface area contributed by atoms with Gasteiger partial charge in [-0.25, -0.2) is 0 Å². The van der Waals surface area contributed by atoms with E-state index in [1.165, 1.54) is 104 Å². The van der Waals surface area contributed by atoms with Crippen LogP contribution in [-0.2, 0) is 5.41 Å². The Balaban J connectivity index is 0.925. The first-order valence-electron chi connectivity index (χ1n) is 23.1. The Labute approximate surface area is 385 Å². The summed E-state index contributed by atoms with van der Waals surface area (Å²) in [6, 6.07) is 83.3. The standard InChI is InChI=1S/C64H46N2/c1-41-25-34-56-57(37-41)63(55-22-10-9-21-54(55)62(56)44-27-26-42-15-7-8-16-43(42)38-44)45-28-35-50-51-36-33-49(40-59(51)64(2,3)58(50)39-45)65(46-17-5-4-6-18-46)47-29-31-48(32-30-47)66-60-23-13-11-19-52(60)53-20-12-14-24-61(53)66/h4-40H,1-3H3. The number of hydrogen-bond donors (Lipinski definition) is 0. The van der Waals surface area contributed by atoms with E-state index in [1.54, 1.807) is 0 Å². The molecular weight excluding hydrogens is 797 g/mol. The van der Waals surface area contributed by atoms with E-state index in [4.69, 9.17) is 0 Å². The Morgan fingerprint density at radius 3 is 1.59 bits per heavy atom. The Morgan fingerprint density at radius 2 is 0.879 bits per heavy atom. The number of fused-ring (bicyclic) bond motifs is 9. The zero-order valence-corrected chi connectivity index (χ0v) is 37.3. The van der Waals surface area contributed by atoms with Crippen molar-refractivity contribution < 1.29 is 0 Å². The molecule has 0 radical (unpaired) electrons. The molecule has 66 heavy (non-hydrogen) atoms. The maximum atomic E-state index is 2.50. The van der Waals surface area contributed by atoms with Crippen molar-refractivity contribution in [3.05, 3.63) is 241 Å². The summed E-state index contributed by atoms with van der Waals surface area (Å²) in [5, 5.41) is 10.2. The van der Waals surface area contributed by atoms with Crippen molar-refractivity contribution in [2.24, 2.45) is 0 Å². The fourth-order valence-corrected chi connectivity index (χ4v) is 11.3. The highest BCUT2D eigenvalue weighted by molar-refractivity contribution is 6.22. The van der Waals surface area contributed by atoms with Gasteiger partial charge in [-0.1, -0.05) is 171 Å². The summed E-state index contributed by atoms with van der Waals surface area (Å²) in [6.07, 6.45) is 0. The van der Waals surface area contributed by atoms with Crippen molar-refractivity contribution >= 4 is 71.2 Å². The first kappa shape index (κ1) is 38.3. The average Bonchev–Trinajstić information content (AvgIpc) is 3.81. The molecule has 0 N–H and O–H groups in total. The van der Waals surface area contributed by atoms with E-state index >= 15 is 0 Å². The van der Waals surface area contributed by atoms with Crippen LogP contribution in [0, 0.1) is 6.92 Å². The van der Waals surface area contributed by atoms with E-state index in [0.717, 1.165) is 22.7 Å². The van der Waals surface area contributed by atoms with Gasteiger partial charge in [0.05, 0.1) is 11.0 Å². The molecule has 1 heterocycles. The van der Waals surface area contributed by atoms with Gasteiger partial charge in [0.15, 0.2) is 0 Å². The second kappa shape index (κ2) is 14.7. The van der Waals surface area contributed by atoms with E-state index < -0.39 is 0 Å². The molecule has 312 valence electrons. The maximum absolute atomic E-state index is 2.50. The minimum Gasteiger partial charge on any atom is -0.310 e. The van der Waals surface area contributed by atoms with E-state index in [0.29, 0.717) is 0 Å². The molecule has 0 saturated carbocycles. The zero-order chi connectivity index (χ0) is 44.1. The van der Waals surface area contributed by atoms with Gasteiger partial charge in [-0.2, -0.15) is 0 Å². The third kappa shape index (κ3) is 5.81. The lowest BCUT2D eigenvalue weighted by atomic mass is 9.80. The van der Waals surface area contributed by atoms with Gasteiger partial charge in [0.1, 0.15) is 0 Å². The lowest BCUT2D eigenvalue weighted by Gasteiger charge is -2.28. The van der Waals surface area contributed by atoms with Crippen molar-refractivity contribution in [2.45, 2.75) is 26.2 Å². The van der Waals surface area contributed by atoms with Crippen LogP contribution < -0.4 is 4.90 Å². The number of para-hydroxylation sites is 3. The van der Waals surface area contributed by atoms with Gasteiger partial charge in [-0.15, -0.1) is 0 Å². The summed E-state index contributed by atoms with van der Waals surface area (Å²) < 4.78 is 2.39. The quantitative estimate of drug-likeness (QED) is 0.151. The molecule has 1 aliphatic carbocycles. The van der Waals surface area contributed by atoms with Crippen LogP contribution in [0.3, 0.4) is 0 Å². The monoisotopic (exact) mass is 842 g/mol. The number of anilines is 3. The number of benzene rings is 11. The molecule has 0 bridgehead atoms. The Bertz CT molecular complexity index is 3860. The highest BCUT2D eigenvalue weighted by Gasteiger charge is 2.37. The second-order valence-corrected chi connectivity index (χ2v) is 18.6. The van der Waals surface area contributed by atoms with E-state index in [2.05, 4.69) is 255 Å². The largest absolute Gasteiger partial charge is 0.310 e. The number of rotatable bonds is 6. The fourth-order valence-electron chi connectivity index (χ4n) is 11.3. The van der Waals surface area contributed by atoms with Crippen LogP contribution in [0.25, 0.3) is 93.2 Å². The van der Waals surface area contributed by atoms with Crippen molar-refractivity contribution in [1.29, 1.82) is 0 Å². The molecule has 0 spiro atoms. The minimum absolute atomic E-state index is 0.244. The van der Waals surface area contributed by atoms with Gasteiger partial charge < -0.3 is 9.47 Å². The fraction of sp³-hybridized carbons (Fsp3) is 0.0625. The molecule has 0 unspecified atom stereocenters. The maximum Gasteiger partial charge on any atom is 0.0541 e. The molecule has 0 fully saturated rings. The lowest BCUT2D eigenvalue weighted by Crippen LogP contribution is -2.16. The van der Waals surface area contributed by atoms with Crippen LogP contribution in [-0.4, -0.2) is 4.57 Å². The minimum atomic E-state index is -0.244. The summed E-state index contributed by atoms with van der Waals surface area (Å²) in [5.74, 6) is 0. The zero-order valence-electron chi connectivity index (χ0n) is 37.3. The summed E-state index contributed by atoms with van der Waals surface area (Å²) in [4.78, 5) is 2.40. The molecule has 12 aromatic rings. The summed E-state index contributed by atoms with van der Waals surface area (Å²) in [5.41, 5.74) is 18.4. The SMILES string of the molecule is Cc1ccc2c(-c3ccc4ccccc4c3)c3ccccc3c(-c3ccc4c(c3)C(C)(C)c3cc(N(c5ccccc5)c5ccc(-n6c7ccccc7c7ccccc76)cc5)ccc3-4)c2c1. The van der Waals surface area contributed by atoms with E-state index in [1.807, 2.05) is 0 Å². The number of nitrogens with zero attached hydrogens (tertiary/aromatic N) is 2. The average molecular weight is 843 g/mol. The van der Waals surface area contributed by atoms with Gasteiger partial charge in [0.25, 0.3) is 0 Å². The van der Waals surface area contributed by atoms with Gasteiger partial charge in [-0.05, 0) is 157 Å². The first-order valence-corrected chi connectivity index (χ1v) is 23.1. The Hall–Kier alpha value is -8.20. The summed E-state index contributed by atoms with van der Waals surface area (Å²) >= 11 is 0. The van der Waals surface area contributed by atoms with Crippen molar-refractivity contribution in [2.75, 3.05) is 4.90 Å². The summed E-state index contributed by atoms with van der Waals surface area (Å²) in [6.45, 7) is 7.02. The topological polar surface area (TPSA) is 8.17 Å². The van der Waals surface area contributed by atoms with Crippen LogP contribution in [0.15, 0.2) is 224 Å². The molecule has 1 aromatic heterocycles. The van der Waals surface area contributed by atoms with Crippen LogP contribution in [0.5, 0.6) is 0 Å². The Kier molecular flexibility index (Phi) is 8.51. The molecule has 2 nitrogen and oxygen atoms in total. The molecule has 0 amide bonds. The van der Waals surface area contributed by atoms with Crippen LogP contribution in [0.4, 0.5) is 17.1 Å². The van der Waals surface area contributed by atoms with Crippen LogP contribution in [0.2, 0.25) is 0 Å². The van der Waals surface area contributed by atoms with Crippen molar-refractivity contribution in [1.82, 2.24) is 4.57 Å². The van der Waals surface area contributed by atoms with Gasteiger partial charge in [0.2, 0.25) is 0 Å². The number of aromatic nitrogens is 1. The second-order valence-electron chi connectivity index (χ2n) is 18.6. The van der Waals surface area contributed by atoms with Gasteiger partial charge in [0, 0.05) is 38.9 Å². The smallest absolute Gasteiger partial charge is 0.0541 e. The van der Waals surface area contributed by atoms with Crippen molar-refractivity contribution in [3.63, 3.8) is 0 Å². The van der Waals surface area contributed by atoms with Crippen molar-refractivity contribution in [3.8, 4) is 39.1 Å². The highest BCUT2D eigenvalue weighted by atomic mass is 15.1. The van der Waals surface area contributed by atoms with Gasteiger partial charge in [-0.3, -0.25) is 0 Å². The molecule has 0 saturated heterocycles. The Morgan fingerprint density at radius 1 is 0.364 bits per heavy atom. The third-order valence-electron chi connectivity index (χ3n) is 14.4. The molecule has 11 aromatic carbocycles.